The lowest BCUT2D eigenvalue weighted by atomic mass is 9.99. The van der Waals surface area contributed by atoms with Gasteiger partial charge in [-0.25, -0.2) is 4.79 Å². The Hall–Kier alpha value is -2.24. The number of ether oxygens (including phenoxy) is 3. The second kappa shape index (κ2) is 8.41. The summed E-state index contributed by atoms with van der Waals surface area (Å²) >= 11 is 0. The van der Waals surface area contributed by atoms with E-state index in [1.807, 2.05) is 24.3 Å². The average Bonchev–Trinajstić information content (AvgIpc) is 2.49. The Morgan fingerprint density at radius 3 is 2.22 bits per heavy atom. The Bertz CT molecular complexity index is 519. The summed E-state index contributed by atoms with van der Waals surface area (Å²) in [5.41, 5.74) is 0.369. The first-order chi connectivity index (χ1) is 10.7. The molecule has 1 aromatic rings. The molecule has 0 bridgehead atoms. The van der Waals surface area contributed by atoms with Crippen molar-refractivity contribution in [3.05, 3.63) is 29.8 Å². The Balaban J connectivity index is 2.65. The molecule has 23 heavy (non-hydrogen) atoms. The first kappa shape index (κ1) is 18.8. The summed E-state index contributed by atoms with van der Waals surface area (Å²) in [6.07, 6.45) is -0.104. The zero-order valence-electron chi connectivity index (χ0n) is 14.3. The second-order valence-corrected chi connectivity index (χ2v) is 6.16. The molecule has 0 saturated carbocycles. The van der Waals surface area contributed by atoms with Crippen molar-refractivity contribution in [1.29, 1.82) is 0 Å². The third kappa shape index (κ3) is 7.04. The van der Waals surface area contributed by atoms with E-state index in [0.29, 0.717) is 6.42 Å². The molecule has 0 radical (unpaired) electrons. The van der Waals surface area contributed by atoms with Gasteiger partial charge in [0.15, 0.2) is 0 Å². The highest BCUT2D eigenvalue weighted by Gasteiger charge is 2.22. The number of benzene rings is 1. The smallest absolute Gasteiger partial charge is 0.407 e. The van der Waals surface area contributed by atoms with Gasteiger partial charge in [-0.2, -0.15) is 0 Å². The van der Waals surface area contributed by atoms with Gasteiger partial charge >= 0.3 is 12.1 Å². The van der Waals surface area contributed by atoms with E-state index in [0.717, 1.165) is 11.3 Å². The molecule has 0 spiro atoms. The van der Waals surface area contributed by atoms with E-state index in [2.05, 4.69) is 5.32 Å². The Kier molecular flexibility index (Phi) is 6.88. The maximum Gasteiger partial charge on any atom is 0.407 e. The fourth-order valence-electron chi connectivity index (χ4n) is 1.97. The lowest BCUT2D eigenvalue weighted by molar-refractivity contribution is -0.145. The van der Waals surface area contributed by atoms with Crippen molar-refractivity contribution in [2.75, 3.05) is 20.8 Å². The van der Waals surface area contributed by atoms with E-state index in [1.54, 1.807) is 27.9 Å². The third-order valence-electron chi connectivity index (χ3n) is 3.07. The third-order valence-corrected chi connectivity index (χ3v) is 3.07. The fourth-order valence-corrected chi connectivity index (χ4v) is 1.97. The Labute approximate surface area is 137 Å². The van der Waals surface area contributed by atoms with Gasteiger partial charge in [0.2, 0.25) is 0 Å². The van der Waals surface area contributed by atoms with E-state index in [1.165, 1.54) is 7.11 Å². The molecule has 1 amide bonds. The number of hydrogen-bond donors (Lipinski definition) is 1. The number of alkyl carbamates (subject to hydrolysis) is 1. The van der Waals surface area contributed by atoms with Crippen LogP contribution in [0.3, 0.4) is 0 Å². The molecular weight excluding hydrogens is 298 g/mol. The van der Waals surface area contributed by atoms with Crippen molar-refractivity contribution in [1.82, 2.24) is 5.32 Å². The van der Waals surface area contributed by atoms with Gasteiger partial charge in [-0.1, -0.05) is 12.1 Å². The van der Waals surface area contributed by atoms with Crippen LogP contribution in [0.4, 0.5) is 4.79 Å². The highest BCUT2D eigenvalue weighted by atomic mass is 16.6. The molecule has 0 fully saturated rings. The van der Waals surface area contributed by atoms with Gasteiger partial charge in [0.05, 0.1) is 20.1 Å². The summed E-state index contributed by atoms with van der Waals surface area (Å²) in [5, 5.41) is 2.61. The Morgan fingerprint density at radius 1 is 1.13 bits per heavy atom. The maximum atomic E-state index is 11.9. The highest BCUT2D eigenvalue weighted by Crippen LogP contribution is 2.15. The number of nitrogens with one attached hydrogen (secondary N) is 1. The molecule has 0 unspecified atom stereocenters. The number of hydrogen-bond acceptors (Lipinski definition) is 5. The van der Waals surface area contributed by atoms with Crippen LogP contribution in [0, 0.1) is 5.92 Å². The lowest BCUT2D eigenvalue weighted by Crippen LogP contribution is -2.38. The van der Waals surface area contributed by atoms with Gasteiger partial charge in [0.1, 0.15) is 11.4 Å². The highest BCUT2D eigenvalue weighted by molar-refractivity contribution is 5.74. The monoisotopic (exact) mass is 323 g/mol. The molecule has 1 N–H and O–H groups in total. The standard InChI is InChI=1S/C17H25NO5/c1-17(2,3)23-16(20)18-11-13(15(19)22-5)10-12-6-8-14(21-4)9-7-12/h6-9,13H,10-11H2,1-5H3,(H,18,20)/t13-/m0/s1. The van der Waals surface area contributed by atoms with Crippen LogP contribution >= 0.6 is 0 Å². The molecule has 0 saturated heterocycles. The van der Waals surface area contributed by atoms with Crippen molar-refractivity contribution < 1.29 is 23.8 Å². The molecular formula is C17H25NO5. The summed E-state index contributed by atoms with van der Waals surface area (Å²) in [4.78, 5) is 23.6. The summed E-state index contributed by atoms with van der Waals surface area (Å²) in [7, 11) is 2.92. The van der Waals surface area contributed by atoms with Crippen LogP contribution in [0.25, 0.3) is 0 Å². The first-order valence-corrected chi connectivity index (χ1v) is 7.42. The molecule has 0 aliphatic heterocycles. The van der Waals surface area contributed by atoms with E-state index in [9.17, 15) is 9.59 Å². The van der Waals surface area contributed by atoms with Crippen LogP contribution in [-0.2, 0) is 20.7 Å². The molecule has 1 atom stereocenters. The van der Waals surface area contributed by atoms with Crippen molar-refractivity contribution in [3.8, 4) is 5.75 Å². The number of esters is 1. The van der Waals surface area contributed by atoms with E-state index >= 15 is 0 Å². The molecule has 128 valence electrons. The molecule has 0 aliphatic carbocycles. The van der Waals surface area contributed by atoms with Crippen molar-refractivity contribution >= 4 is 12.1 Å². The predicted octanol–water partition coefficient (Wildman–Crippen LogP) is 2.55. The van der Waals surface area contributed by atoms with Crippen molar-refractivity contribution in [2.24, 2.45) is 5.92 Å². The van der Waals surface area contributed by atoms with Gasteiger partial charge in [-0.3, -0.25) is 4.79 Å². The molecule has 6 nitrogen and oxygen atoms in total. The van der Waals surface area contributed by atoms with Crippen LogP contribution in [0.1, 0.15) is 26.3 Å². The van der Waals surface area contributed by atoms with E-state index in [-0.39, 0.29) is 12.5 Å². The zero-order valence-corrected chi connectivity index (χ0v) is 14.3. The Morgan fingerprint density at radius 2 is 1.74 bits per heavy atom. The number of amides is 1. The summed E-state index contributed by atoms with van der Waals surface area (Å²) in [6, 6.07) is 7.40. The number of carbonyl (C=O) groups excluding carboxylic acids is 2. The van der Waals surface area contributed by atoms with Gasteiger partial charge in [0.25, 0.3) is 0 Å². The average molecular weight is 323 g/mol. The van der Waals surface area contributed by atoms with Crippen LogP contribution in [0.5, 0.6) is 5.75 Å². The molecule has 6 heteroatoms. The zero-order chi connectivity index (χ0) is 17.5. The minimum Gasteiger partial charge on any atom is -0.497 e. The summed E-state index contributed by atoms with van der Waals surface area (Å²) in [6.45, 7) is 5.48. The topological polar surface area (TPSA) is 73.9 Å². The van der Waals surface area contributed by atoms with Crippen LogP contribution in [0.15, 0.2) is 24.3 Å². The maximum absolute atomic E-state index is 11.9. The minimum atomic E-state index is -0.583. The largest absolute Gasteiger partial charge is 0.497 e. The molecule has 1 rings (SSSR count). The molecule has 0 heterocycles. The number of rotatable bonds is 6. The summed E-state index contributed by atoms with van der Waals surface area (Å²) in [5.74, 6) is -0.118. The normalized spacial score (nSPS) is 12.2. The predicted molar refractivity (Wildman–Crippen MR) is 86.4 cm³/mol. The van der Waals surface area contributed by atoms with Crippen molar-refractivity contribution in [3.63, 3.8) is 0 Å². The van der Waals surface area contributed by atoms with Gasteiger partial charge in [0, 0.05) is 6.54 Å². The fraction of sp³-hybridized carbons (Fsp3) is 0.529. The van der Waals surface area contributed by atoms with Gasteiger partial charge in [-0.05, 0) is 44.9 Å². The van der Waals surface area contributed by atoms with Gasteiger partial charge in [-0.15, -0.1) is 0 Å². The van der Waals surface area contributed by atoms with Gasteiger partial charge < -0.3 is 19.5 Å². The first-order valence-electron chi connectivity index (χ1n) is 7.42. The quantitative estimate of drug-likeness (QED) is 0.814. The summed E-state index contributed by atoms with van der Waals surface area (Å²) < 4.78 is 15.1. The minimum absolute atomic E-state index is 0.146. The van der Waals surface area contributed by atoms with E-state index in [4.69, 9.17) is 14.2 Å². The van der Waals surface area contributed by atoms with Crippen LogP contribution in [-0.4, -0.2) is 38.4 Å². The molecule has 0 aliphatic rings. The molecule has 1 aromatic carbocycles. The SMILES string of the molecule is COC(=O)[C@H](CNC(=O)OC(C)(C)C)Cc1ccc(OC)cc1. The van der Waals surface area contributed by atoms with Crippen molar-refractivity contribution in [2.45, 2.75) is 32.8 Å². The van der Waals surface area contributed by atoms with E-state index < -0.39 is 17.6 Å². The number of methoxy groups -OCH3 is 2. The van der Waals surface area contributed by atoms with Crippen LogP contribution in [0.2, 0.25) is 0 Å². The lowest BCUT2D eigenvalue weighted by Gasteiger charge is -2.21. The number of carbonyl (C=O) groups is 2. The molecule has 0 aromatic heterocycles. The van der Waals surface area contributed by atoms with Crippen LogP contribution < -0.4 is 10.1 Å². The second-order valence-electron chi connectivity index (χ2n) is 6.16.